The van der Waals surface area contributed by atoms with E-state index in [0.29, 0.717) is 0 Å². The van der Waals surface area contributed by atoms with E-state index in [1.807, 2.05) is 13.8 Å². The van der Waals surface area contributed by atoms with Crippen LogP contribution in [0.15, 0.2) is 0 Å². The first-order valence-corrected chi connectivity index (χ1v) is 5.81. The van der Waals surface area contributed by atoms with E-state index >= 15 is 0 Å². The number of hydrogen-bond donors (Lipinski definition) is 3. The Bertz CT molecular complexity index is 209. The fourth-order valence-electron chi connectivity index (χ4n) is 2.02. The Morgan fingerprint density at radius 1 is 1.60 bits per heavy atom. The van der Waals surface area contributed by atoms with Crippen LogP contribution < -0.4 is 10.6 Å². The van der Waals surface area contributed by atoms with E-state index in [9.17, 15) is 4.79 Å². The van der Waals surface area contributed by atoms with Gasteiger partial charge in [-0.05, 0) is 25.8 Å². The van der Waals surface area contributed by atoms with Crippen LogP contribution in [0.4, 0.5) is 0 Å². The van der Waals surface area contributed by atoms with Gasteiger partial charge in [0.25, 0.3) is 0 Å². The summed E-state index contributed by atoms with van der Waals surface area (Å²) in [5, 5.41) is 15.2. The van der Waals surface area contributed by atoms with Gasteiger partial charge in [0, 0.05) is 6.54 Å². The van der Waals surface area contributed by atoms with E-state index < -0.39 is 0 Å². The van der Waals surface area contributed by atoms with Gasteiger partial charge in [-0.15, -0.1) is 0 Å². The van der Waals surface area contributed by atoms with Crippen LogP contribution in [0.5, 0.6) is 0 Å². The minimum absolute atomic E-state index is 0.0233. The summed E-state index contributed by atoms with van der Waals surface area (Å²) in [6, 6.07) is -0.0958. The van der Waals surface area contributed by atoms with E-state index in [-0.39, 0.29) is 24.0 Å². The molecule has 3 N–H and O–H groups in total. The summed E-state index contributed by atoms with van der Waals surface area (Å²) < 4.78 is 0. The van der Waals surface area contributed by atoms with Crippen molar-refractivity contribution in [2.75, 3.05) is 19.7 Å². The van der Waals surface area contributed by atoms with Crippen molar-refractivity contribution in [1.82, 2.24) is 10.6 Å². The highest BCUT2D eigenvalue weighted by Crippen LogP contribution is 2.29. The first-order valence-electron chi connectivity index (χ1n) is 5.81. The molecule has 0 radical (unpaired) electrons. The van der Waals surface area contributed by atoms with Gasteiger partial charge < -0.3 is 15.7 Å². The summed E-state index contributed by atoms with van der Waals surface area (Å²) in [4.78, 5) is 12.1. The highest BCUT2D eigenvalue weighted by Gasteiger charge is 2.39. The van der Waals surface area contributed by atoms with Gasteiger partial charge in [-0.3, -0.25) is 4.79 Å². The van der Waals surface area contributed by atoms with Crippen LogP contribution >= 0.6 is 0 Å². The van der Waals surface area contributed by atoms with Crippen molar-refractivity contribution in [3.63, 3.8) is 0 Å². The Morgan fingerprint density at radius 2 is 2.33 bits per heavy atom. The Morgan fingerprint density at radius 3 is 2.73 bits per heavy atom. The summed E-state index contributed by atoms with van der Waals surface area (Å²) in [7, 11) is 0. The number of carbonyl (C=O) groups is 1. The summed E-state index contributed by atoms with van der Waals surface area (Å²) in [5.41, 5.74) is -0.247. The molecule has 0 aromatic heterocycles. The standard InChI is InChI=1S/C11H22N2O2/c1-3-9(7-14)13-10(15)11(4-2)5-6-12-8-11/h9,12,14H,3-8H2,1-2H3,(H,13,15). The highest BCUT2D eigenvalue weighted by molar-refractivity contribution is 5.83. The lowest BCUT2D eigenvalue weighted by atomic mass is 9.83. The predicted molar refractivity (Wildman–Crippen MR) is 59.5 cm³/mol. The lowest BCUT2D eigenvalue weighted by Gasteiger charge is -2.27. The second-order valence-corrected chi connectivity index (χ2v) is 4.32. The zero-order chi connectivity index (χ0) is 11.3. The molecule has 2 atom stereocenters. The van der Waals surface area contributed by atoms with Crippen LogP contribution in [0.3, 0.4) is 0 Å². The Labute approximate surface area is 91.4 Å². The molecule has 88 valence electrons. The summed E-state index contributed by atoms with van der Waals surface area (Å²) >= 11 is 0. The maximum absolute atomic E-state index is 12.1. The summed E-state index contributed by atoms with van der Waals surface area (Å²) in [6.07, 6.45) is 2.53. The zero-order valence-corrected chi connectivity index (χ0v) is 9.68. The molecule has 1 fully saturated rings. The molecule has 1 heterocycles. The average molecular weight is 214 g/mol. The molecule has 0 spiro atoms. The number of amides is 1. The predicted octanol–water partition coefficient (Wildman–Crippen LogP) is 0.263. The monoisotopic (exact) mass is 214 g/mol. The molecule has 0 aromatic rings. The fraction of sp³-hybridized carbons (Fsp3) is 0.909. The maximum atomic E-state index is 12.1. The van der Waals surface area contributed by atoms with Crippen molar-refractivity contribution in [3.05, 3.63) is 0 Å². The molecule has 0 saturated carbocycles. The molecule has 4 heteroatoms. The maximum Gasteiger partial charge on any atom is 0.227 e. The van der Waals surface area contributed by atoms with E-state index in [0.717, 1.165) is 32.4 Å². The number of aliphatic hydroxyl groups excluding tert-OH is 1. The first kappa shape index (κ1) is 12.5. The van der Waals surface area contributed by atoms with Gasteiger partial charge in [-0.25, -0.2) is 0 Å². The van der Waals surface area contributed by atoms with E-state index in [1.165, 1.54) is 0 Å². The molecular formula is C11H22N2O2. The normalized spacial score (nSPS) is 27.7. The van der Waals surface area contributed by atoms with Crippen molar-refractivity contribution >= 4 is 5.91 Å². The van der Waals surface area contributed by atoms with Gasteiger partial charge in [0.05, 0.1) is 18.1 Å². The third kappa shape index (κ3) is 2.69. The molecule has 4 nitrogen and oxygen atoms in total. The van der Waals surface area contributed by atoms with Crippen LogP contribution in [0, 0.1) is 5.41 Å². The van der Waals surface area contributed by atoms with Crippen molar-refractivity contribution in [2.45, 2.75) is 39.2 Å². The minimum Gasteiger partial charge on any atom is -0.394 e. The highest BCUT2D eigenvalue weighted by atomic mass is 16.3. The fourth-order valence-corrected chi connectivity index (χ4v) is 2.02. The number of rotatable bonds is 5. The van der Waals surface area contributed by atoms with Crippen molar-refractivity contribution in [3.8, 4) is 0 Å². The van der Waals surface area contributed by atoms with Crippen LogP contribution in [0.25, 0.3) is 0 Å². The number of aliphatic hydroxyl groups is 1. The minimum atomic E-state index is -0.247. The SMILES string of the molecule is CCC(CO)NC(=O)C1(CC)CCNC1. The van der Waals surface area contributed by atoms with Gasteiger partial charge in [-0.1, -0.05) is 13.8 Å². The van der Waals surface area contributed by atoms with E-state index in [4.69, 9.17) is 5.11 Å². The van der Waals surface area contributed by atoms with Gasteiger partial charge in [-0.2, -0.15) is 0 Å². The molecule has 1 aliphatic rings. The molecule has 1 aliphatic heterocycles. The second kappa shape index (κ2) is 5.47. The molecule has 0 aromatic carbocycles. The van der Waals surface area contributed by atoms with Gasteiger partial charge in [0.1, 0.15) is 0 Å². The molecule has 0 bridgehead atoms. The van der Waals surface area contributed by atoms with Gasteiger partial charge in [0.15, 0.2) is 0 Å². The lowest BCUT2D eigenvalue weighted by molar-refractivity contribution is -0.131. The Hall–Kier alpha value is -0.610. The molecule has 15 heavy (non-hydrogen) atoms. The van der Waals surface area contributed by atoms with Crippen molar-refractivity contribution < 1.29 is 9.90 Å². The lowest BCUT2D eigenvalue weighted by Crippen LogP contribution is -2.47. The van der Waals surface area contributed by atoms with Crippen LogP contribution in [-0.2, 0) is 4.79 Å². The quantitative estimate of drug-likeness (QED) is 0.615. The van der Waals surface area contributed by atoms with Crippen LogP contribution in [0.1, 0.15) is 33.1 Å². The topological polar surface area (TPSA) is 61.4 Å². The molecule has 2 unspecified atom stereocenters. The Kier molecular flexibility index (Phi) is 4.54. The van der Waals surface area contributed by atoms with Crippen molar-refractivity contribution in [1.29, 1.82) is 0 Å². The van der Waals surface area contributed by atoms with Crippen LogP contribution in [0.2, 0.25) is 0 Å². The second-order valence-electron chi connectivity index (χ2n) is 4.32. The zero-order valence-electron chi connectivity index (χ0n) is 9.68. The molecule has 0 aliphatic carbocycles. The Balaban J connectivity index is 2.57. The molecule has 1 saturated heterocycles. The van der Waals surface area contributed by atoms with Gasteiger partial charge in [0.2, 0.25) is 5.91 Å². The third-order valence-corrected chi connectivity index (χ3v) is 3.45. The van der Waals surface area contributed by atoms with E-state index in [2.05, 4.69) is 10.6 Å². The van der Waals surface area contributed by atoms with Gasteiger partial charge >= 0.3 is 0 Å². The molecule has 1 rings (SSSR count). The third-order valence-electron chi connectivity index (χ3n) is 3.45. The molecular weight excluding hydrogens is 192 g/mol. The average Bonchev–Trinajstić information content (AvgIpc) is 2.75. The van der Waals surface area contributed by atoms with Crippen LogP contribution in [-0.4, -0.2) is 36.8 Å². The number of hydrogen-bond acceptors (Lipinski definition) is 3. The van der Waals surface area contributed by atoms with E-state index in [1.54, 1.807) is 0 Å². The smallest absolute Gasteiger partial charge is 0.227 e. The molecule has 1 amide bonds. The largest absolute Gasteiger partial charge is 0.394 e. The first-order chi connectivity index (χ1) is 7.18. The summed E-state index contributed by atoms with van der Waals surface area (Å²) in [5.74, 6) is 0.0934. The summed E-state index contributed by atoms with van der Waals surface area (Å²) in [6.45, 7) is 5.71. The number of carbonyl (C=O) groups excluding carboxylic acids is 1. The van der Waals surface area contributed by atoms with Crippen molar-refractivity contribution in [2.24, 2.45) is 5.41 Å². The number of nitrogens with one attached hydrogen (secondary N) is 2.